The smallest absolute Gasteiger partial charge is 0.191 e. The summed E-state index contributed by atoms with van der Waals surface area (Å²) >= 11 is 0. The van der Waals surface area contributed by atoms with Crippen LogP contribution in [0.2, 0.25) is 0 Å². The molecular formula is C17H33IN6O. The average Bonchev–Trinajstić information content (AvgIpc) is 3.14. The van der Waals surface area contributed by atoms with Crippen LogP contribution in [0.4, 0.5) is 0 Å². The van der Waals surface area contributed by atoms with Gasteiger partial charge in [-0.05, 0) is 26.2 Å². The Bertz CT molecular complexity index is 539. The number of aliphatic imine (C=N–C) groups is 1. The number of aliphatic hydroxyl groups is 1. The van der Waals surface area contributed by atoms with Crippen LogP contribution in [0.3, 0.4) is 0 Å². The molecule has 0 radical (unpaired) electrons. The van der Waals surface area contributed by atoms with Gasteiger partial charge in [0.05, 0.1) is 5.60 Å². The second kappa shape index (κ2) is 10.9. The van der Waals surface area contributed by atoms with E-state index < -0.39 is 5.60 Å². The Balaban J connectivity index is 0.00000312. The Morgan fingerprint density at radius 2 is 1.92 bits per heavy atom. The van der Waals surface area contributed by atoms with Crippen molar-refractivity contribution < 1.29 is 5.11 Å². The molecule has 0 unspecified atom stereocenters. The van der Waals surface area contributed by atoms with Crippen molar-refractivity contribution in [2.45, 2.75) is 78.0 Å². The molecule has 25 heavy (non-hydrogen) atoms. The van der Waals surface area contributed by atoms with Gasteiger partial charge in [-0.1, -0.05) is 26.7 Å². The minimum atomic E-state index is -0.671. The van der Waals surface area contributed by atoms with Crippen LogP contribution in [0.1, 0.15) is 64.5 Å². The van der Waals surface area contributed by atoms with Crippen molar-refractivity contribution in [3.63, 3.8) is 0 Å². The highest BCUT2D eigenvalue weighted by Crippen LogP contribution is 2.18. The standard InChI is InChI=1S/C17H32N6O.HI/c1-4-9-17(24,10-5-2)13-20-16(18-6-3)19-12-15-22-21-14-8-7-11-23(14)15;/h24H,4-13H2,1-3H3,(H2,18,19,20);1H. The molecule has 1 aromatic heterocycles. The van der Waals surface area contributed by atoms with E-state index in [9.17, 15) is 5.11 Å². The molecule has 0 spiro atoms. The Kier molecular flexibility index (Phi) is 9.70. The fourth-order valence-corrected chi connectivity index (χ4v) is 3.30. The maximum atomic E-state index is 10.7. The lowest BCUT2D eigenvalue weighted by Crippen LogP contribution is -2.47. The van der Waals surface area contributed by atoms with Crippen LogP contribution in [0.5, 0.6) is 0 Å². The topological polar surface area (TPSA) is 87.4 Å². The second-order valence-electron chi connectivity index (χ2n) is 6.56. The highest BCUT2D eigenvalue weighted by atomic mass is 127. The number of aryl methyl sites for hydroxylation is 1. The summed E-state index contributed by atoms with van der Waals surface area (Å²) in [5.41, 5.74) is -0.671. The van der Waals surface area contributed by atoms with Gasteiger partial charge in [-0.25, -0.2) is 4.99 Å². The Morgan fingerprint density at radius 1 is 1.20 bits per heavy atom. The molecule has 0 saturated heterocycles. The van der Waals surface area contributed by atoms with E-state index in [1.54, 1.807) is 0 Å². The molecule has 0 bridgehead atoms. The van der Waals surface area contributed by atoms with Crippen molar-refractivity contribution >= 4 is 29.9 Å². The SMILES string of the molecule is CCCC(O)(CCC)CNC(=NCc1nnc2n1CCC2)NCC.I. The number of hydrogen-bond acceptors (Lipinski definition) is 4. The molecule has 0 fully saturated rings. The highest BCUT2D eigenvalue weighted by molar-refractivity contribution is 14.0. The maximum absolute atomic E-state index is 10.7. The molecule has 0 atom stereocenters. The third-order valence-electron chi connectivity index (χ3n) is 4.42. The molecular weight excluding hydrogens is 431 g/mol. The van der Waals surface area contributed by atoms with Crippen LogP contribution < -0.4 is 10.6 Å². The first-order valence-corrected chi connectivity index (χ1v) is 9.27. The van der Waals surface area contributed by atoms with E-state index in [0.717, 1.165) is 69.2 Å². The predicted molar refractivity (Wildman–Crippen MR) is 111 cm³/mol. The molecule has 144 valence electrons. The summed E-state index contributed by atoms with van der Waals surface area (Å²) < 4.78 is 2.16. The van der Waals surface area contributed by atoms with E-state index >= 15 is 0 Å². The molecule has 0 saturated carbocycles. The quantitative estimate of drug-likeness (QED) is 0.297. The van der Waals surface area contributed by atoms with Gasteiger partial charge >= 0.3 is 0 Å². The minimum absolute atomic E-state index is 0. The lowest BCUT2D eigenvalue weighted by atomic mass is 9.93. The summed E-state index contributed by atoms with van der Waals surface area (Å²) in [5.74, 6) is 2.70. The summed E-state index contributed by atoms with van der Waals surface area (Å²) in [6.45, 7) is 9.03. The molecule has 7 nitrogen and oxygen atoms in total. The van der Waals surface area contributed by atoms with E-state index in [1.165, 1.54) is 0 Å². The fraction of sp³-hybridized carbons (Fsp3) is 0.824. The number of aromatic nitrogens is 3. The van der Waals surface area contributed by atoms with Crippen LogP contribution in [0.25, 0.3) is 0 Å². The normalized spacial score (nSPS) is 14.2. The van der Waals surface area contributed by atoms with Gasteiger partial charge in [0.2, 0.25) is 0 Å². The number of halogens is 1. The van der Waals surface area contributed by atoms with E-state index in [0.29, 0.717) is 13.1 Å². The van der Waals surface area contributed by atoms with E-state index in [4.69, 9.17) is 0 Å². The Labute approximate surface area is 168 Å². The van der Waals surface area contributed by atoms with Crippen LogP contribution in [0, 0.1) is 0 Å². The first-order valence-electron chi connectivity index (χ1n) is 9.27. The molecule has 1 aliphatic heterocycles. The van der Waals surface area contributed by atoms with E-state index in [-0.39, 0.29) is 24.0 Å². The zero-order valence-corrected chi connectivity index (χ0v) is 18.0. The van der Waals surface area contributed by atoms with E-state index in [2.05, 4.69) is 44.2 Å². The molecule has 3 N–H and O–H groups in total. The van der Waals surface area contributed by atoms with Crippen LogP contribution >= 0.6 is 24.0 Å². The van der Waals surface area contributed by atoms with Crippen LogP contribution in [-0.4, -0.2) is 44.5 Å². The van der Waals surface area contributed by atoms with Crippen molar-refractivity contribution in [3.8, 4) is 0 Å². The molecule has 1 aliphatic rings. The summed E-state index contributed by atoms with van der Waals surface area (Å²) in [6, 6.07) is 0. The average molecular weight is 464 g/mol. The van der Waals surface area contributed by atoms with Crippen molar-refractivity contribution in [2.75, 3.05) is 13.1 Å². The largest absolute Gasteiger partial charge is 0.388 e. The Hall–Kier alpha value is -0.900. The van der Waals surface area contributed by atoms with Gasteiger partial charge < -0.3 is 20.3 Å². The van der Waals surface area contributed by atoms with Gasteiger partial charge in [0, 0.05) is 26.1 Å². The summed E-state index contributed by atoms with van der Waals surface area (Å²) in [5, 5.41) is 25.7. The third-order valence-corrected chi connectivity index (χ3v) is 4.42. The lowest BCUT2D eigenvalue weighted by molar-refractivity contribution is 0.0257. The summed E-state index contributed by atoms with van der Waals surface area (Å²) in [4.78, 5) is 4.62. The number of hydrogen-bond donors (Lipinski definition) is 3. The monoisotopic (exact) mass is 464 g/mol. The first kappa shape index (κ1) is 22.1. The van der Waals surface area contributed by atoms with Crippen LogP contribution in [0.15, 0.2) is 4.99 Å². The van der Waals surface area contributed by atoms with Crippen molar-refractivity contribution in [1.82, 2.24) is 25.4 Å². The molecule has 0 amide bonds. The van der Waals surface area contributed by atoms with Gasteiger partial charge in [-0.3, -0.25) is 0 Å². The van der Waals surface area contributed by atoms with Gasteiger partial charge in [0.25, 0.3) is 0 Å². The Morgan fingerprint density at radius 3 is 2.56 bits per heavy atom. The first-order chi connectivity index (χ1) is 11.6. The predicted octanol–water partition coefficient (Wildman–Crippen LogP) is 2.23. The number of rotatable bonds is 9. The van der Waals surface area contributed by atoms with E-state index in [1.807, 2.05) is 6.92 Å². The highest BCUT2D eigenvalue weighted by Gasteiger charge is 2.25. The molecule has 0 aliphatic carbocycles. The molecule has 2 heterocycles. The third kappa shape index (κ3) is 6.40. The van der Waals surface area contributed by atoms with Gasteiger partial charge in [-0.15, -0.1) is 34.2 Å². The van der Waals surface area contributed by atoms with Crippen molar-refractivity contribution in [3.05, 3.63) is 11.6 Å². The molecule has 2 rings (SSSR count). The van der Waals surface area contributed by atoms with Gasteiger partial charge in [-0.2, -0.15) is 0 Å². The van der Waals surface area contributed by atoms with Crippen LogP contribution in [-0.2, 0) is 19.5 Å². The van der Waals surface area contributed by atoms with Gasteiger partial charge in [0.15, 0.2) is 11.8 Å². The number of nitrogens with one attached hydrogen (secondary N) is 2. The summed E-state index contributed by atoms with van der Waals surface area (Å²) in [7, 11) is 0. The van der Waals surface area contributed by atoms with Crippen molar-refractivity contribution in [2.24, 2.45) is 4.99 Å². The minimum Gasteiger partial charge on any atom is -0.388 e. The second-order valence-corrected chi connectivity index (χ2v) is 6.56. The van der Waals surface area contributed by atoms with Crippen molar-refractivity contribution in [1.29, 1.82) is 0 Å². The zero-order valence-electron chi connectivity index (χ0n) is 15.7. The number of nitrogens with zero attached hydrogens (tertiary/aromatic N) is 4. The lowest BCUT2D eigenvalue weighted by Gasteiger charge is -2.28. The summed E-state index contributed by atoms with van der Waals surface area (Å²) in [6.07, 6.45) is 5.68. The number of fused-ring (bicyclic) bond motifs is 1. The zero-order chi connectivity index (χ0) is 17.4. The van der Waals surface area contributed by atoms with Gasteiger partial charge in [0.1, 0.15) is 12.4 Å². The molecule has 8 heteroatoms. The number of guanidine groups is 1. The maximum Gasteiger partial charge on any atom is 0.191 e. The molecule has 1 aromatic rings. The molecule has 0 aromatic carbocycles. The fourth-order valence-electron chi connectivity index (χ4n) is 3.30.